The Balaban J connectivity index is 1.41. The Morgan fingerprint density at radius 3 is 2.55 bits per heavy atom. The highest BCUT2D eigenvalue weighted by atomic mass is 35.5. The van der Waals surface area contributed by atoms with E-state index in [1.54, 1.807) is 24.3 Å². The van der Waals surface area contributed by atoms with Crippen molar-refractivity contribution in [1.82, 2.24) is 15.3 Å². The van der Waals surface area contributed by atoms with Gasteiger partial charge in [-0.15, -0.1) is 5.10 Å². The molecule has 14 heteroatoms. The molecule has 1 fully saturated rings. The number of benzene rings is 1. The van der Waals surface area contributed by atoms with Crippen molar-refractivity contribution in [2.24, 2.45) is 11.0 Å². The lowest BCUT2D eigenvalue weighted by Gasteiger charge is -2.23. The number of hydrazone groups is 1. The fraction of sp³-hybridized carbons (Fsp3) is 0.269. The number of halogens is 2. The summed E-state index contributed by atoms with van der Waals surface area (Å²) in [6.07, 6.45) is 4.63. The van der Waals surface area contributed by atoms with Crippen LogP contribution in [0.4, 0.5) is 11.5 Å². The van der Waals surface area contributed by atoms with Gasteiger partial charge in [-0.1, -0.05) is 29.3 Å². The average molecular weight is 603 g/mol. The van der Waals surface area contributed by atoms with Crippen LogP contribution in [0.15, 0.2) is 71.1 Å². The molecule has 2 unspecified atom stereocenters. The molecule has 1 saturated carbocycles. The second-order valence-corrected chi connectivity index (χ2v) is 11.7. The fourth-order valence-corrected chi connectivity index (χ4v) is 5.43. The van der Waals surface area contributed by atoms with E-state index in [4.69, 9.17) is 27.4 Å². The van der Waals surface area contributed by atoms with E-state index in [-0.39, 0.29) is 51.4 Å². The fourth-order valence-electron chi connectivity index (χ4n) is 4.17. The summed E-state index contributed by atoms with van der Waals surface area (Å²) in [5.41, 5.74) is 0.404. The number of aromatic nitrogens is 2. The third-order valence-corrected chi connectivity index (χ3v) is 8.11. The van der Waals surface area contributed by atoms with E-state index in [1.165, 1.54) is 41.7 Å². The van der Waals surface area contributed by atoms with Crippen LogP contribution in [-0.2, 0) is 19.1 Å². The van der Waals surface area contributed by atoms with Gasteiger partial charge in [0, 0.05) is 23.5 Å². The summed E-state index contributed by atoms with van der Waals surface area (Å²) in [6, 6.07) is 10.9. The van der Waals surface area contributed by atoms with Crippen molar-refractivity contribution in [3.05, 3.63) is 76.5 Å². The van der Waals surface area contributed by atoms with Crippen molar-refractivity contribution in [2.45, 2.75) is 43.3 Å². The van der Waals surface area contributed by atoms with Gasteiger partial charge in [-0.3, -0.25) is 9.59 Å². The molecule has 1 aliphatic carbocycles. The van der Waals surface area contributed by atoms with E-state index >= 15 is 0 Å². The van der Waals surface area contributed by atoms with Gasteiger partial charge in [-0.2, -0.15) is 8.42 Å². The molecule has 2 atom stereocenters. The van der Waals surface area contributed by atoms with Crippen LogP contribution in [0, 0.1) is 5.92 Å². The summed E-state index contributed by atoms with van der Waals surface area (Å²) < 4.78 is 30.8. The van der Waals surface area contributed by atoms with Gasteiger partial charge in [0.25, 0.3) is 5.91 Å². The zero-order chi connectivity index (χ0) is 28.4. The minimum absolute atomic E-state index is 0.0270. The van der Waals surface area contributed by atoms with Crippen LogP contribution in [0.1, 0.15) is 36.5 Å². The van der Waals surface area contributed by atoms with E-state index in [2.05, 4.69) is 25.7 Å². The molecule has 0 spiro atoms. The molecule has 2 aliphatic rings. The third kappa shape index (κ3) is 6.19. The van der Waals surface area contributed by atoms with Crippen LogP contribution in [0.2, 0.25) is 10.0 Å². The Morgan fingerprint density at radius 2 is 1.85 bits per heavy atom. The number of anilines is 2. The van der Waals surface area contributed by atoms with Crippen molar-refractivity contribution < 1.29 is 22.2 Å². The summed E-state index contributed by atoms with van der Waals surface area (Å²) in [5.74, 6) is -0.708. The Kier molecular flexibility index (Phi) is 7.92. The molecular weight excluding hydrogens is 579 g/mol. The quantitative estimate of drug-likeness (QED) is 0.364. The first-order chi connectivity index (χ1) is 19.1. The van der Waals surface area contributed by atoms with E-state index < -0.39 is 22.1 Å². The second kappa shape index (κ2) is 11.4. The first-order valence-electron chi connectivity index (χ1n) is 12.4. The predicted molar refractivity (Wildman–Crippen MR) is 150 cm³/mol. The van der Waals surface area contributed by atoms with Crippen LogP contribution in [0.3, 0.4) is 0 Å². The molecule has 2 amide bonds. The molecule has 3 heterocycles. The van der Waals surface area contributed by atoms with Crippen molar-refractivity contribution in [1.29, 1.82) is 0 Å². The second-order valence-electron chi connectivity index (χ2n) is 9.35. The lowest BCUT2D eigenvalue weighted by atomic mass is 10.1. The number of nitrogens with one attached hydrogen (secondary N) is 2. The molecule has 1 aromatic carbocycles. The SMILES string of the molecule is CC(NC(=O)c1cc(Cl)ccc1NC(=O)C1CC(OS(=O)(=O)c2ccccn2)=NN1c1ncccc1Cl)C1CC1. The van der Waals surface area contributed by atoms with Crippen LogP contribution in [0.5, 0.6) is 0 Å². The number of carbonyl (C=O) groups excluding carboxylic acids is 2. The molecule has 208 valence electrons. The van der Waals surface area contributed by atoms with Gasteiger partial charge in [0.2, 0.25) is 11.8 Å². The molecule has 11 nitrogen and oxygen atoms in total. The van der Waals surface area contributed by atoms with Gasteiger partial charge in [0.15, 0.2) is 10.8 Å². The summed E-state index contributed by atoms with van der Waals surface area (Å²) >= 11 is 12.5. The standard InChI is InChI=1S/C26H24Cl2N6O5S/c1-15(16-7-8-16)31-25(35)18-13-17(27)9-10-20(18)32-26(36)21-14-22(33-34(21)24-19(28)5-4-12-30-24)39-40(37,38)23-6-2-3-11-29-23/h2-6,9-13,15-16,21H,7-8,14H2,1H3,(H,31,35)(H,32,36). The summed E-state index contributed by atoms with van der Waals surface area (Å²) in [4.78, 5) is 34.7. The average Bonchev–Trinajstić information content (AvgIpc) is 3.71. The molecule has 40 heavy (non-hydrogen) atoms. The van der Waals surface area contributed by atoms with Crippen LogP contribution in [-0.4, -0.2) is 48.2 Å². The maximum atomic E-state index is 13.6. The highest BCUT2D eigenvalue weighted by Crippen LogP contribution is 2.33. The molecule has 5 rings (SSSR count). The molecule has 1 aliphatic heterocycles. The van der Waals surface area contributed by atoms with Crippen molar-refractivity contribution in [3.63, 3.8) is 0 Å². The molecular formula is C26H24Cl2N6O5S. The van der Waals surface area contributed by atoms with E-state index in [1.807, 2.05) is 6.92 Å². The lowest BCUT2D eigenvalue weighted by Crippen LogP contribution is -2.40. The van der Waals surface area contributed by atoms with Gasteiger partial charge in [0.1, 0.15) is 6.04 Å². The first kappa shape index (κ1) is 27.8. The van der Waals surface area contributed by atoms with Gasteiger partial charge in [0.05, 0.1) is 22.7 Å². The number of hydrogen-bond donors (Lipinski definition) is 2. The maximum absolute atomic E-state index is 13.6. The Labute approximate surface area is 240 Å². The monoisotopic (exact) mass is 602 g/mol. The molecule has 2 N–H and O–H groups in total. The topological polar surface area (TPSA) is 143 Å². The molecule has 0 bridgehead atoms. The number of rotatable bonds is 8. The van der Waals surface area contributed by atoms with E-state index in [0.29, 0.717) is 10.9 Å². The number of carbonyl (C=O) groups is 2. The van der Waals surface area contributed by atoms with Crippen LogP contribution >= 0.6 is 23.2 Å². The van der Waals surface area contributed by atoms with E-state index in [0.717, 1.165) is 12.8 Å². The smallest absolute Gasteiger partial charge is 0.358 e. The predicted octanol–water partition coefficient (Wildman–Crippen LogP) is 4.25. The molecule has 0 saturated heterocycles. The Bertz CT molecular complexity index is 1580. The van der Waals surface area contributed by atoms with Crippen LogP contribution < -0.4 is 15.6 Å². The zero-order valence-electron chi connectivity index (χ0n) is 21.1. The molecule has 3 aromatic rings. The van der Waals surface area contributed by atoms with Gasteiger partial charge >= 0.3 is 10.1 Å². The molecule has 2 aromatic heterocycles. The Morgan fingerprint density at radius 1 is 1.07 bits per heavy atom. The normalized spacial score (nSPS) is 17.6. The number of hydrogen-bond acceptors (Lipinski definition) is 9. The van der Waals surface area contributed by atoms with Gasteiger partial charge in [-0.25, -0.2) is 15.0 Å². The minimum Gasteiger partial charge on any atom is -0.360 e. The lowest BCUT2D eigenvalue weighted by molar-refractivity contribution is -0.117. The van der Waals surface area contributed by atoms with E-state index in [9.17, 15) is 18.0 Å². The summed E-state index contributed by atoms with van der Waals surface area (Å²) in [5, 5.41) is 11.3. The van der Waals surface area contributed by atoms with Crippen molar-refractivity contribution in [3.8, 4) is 0 Å². The van der Waals surface area contributed by atoms with Gasteiger partial charge in [-0.05, 0) is 68.1 Å². The summed E-state index contributed by atoms with van der Waals surface area (Å²) in [6.45, 7) is 1.93. The van der Waals surface area contributed by atoms with Gasteiger partial charge < -0.3 is 14.8 Å². The maximum Gasteiger partial charge on any atom is 0.358 e. The largest absolute Gasteiger partial charge is 0.360 e. The summed E-state index contributed by atoms with van der Waals surface area (Å²) in [7, 11) is -4.33. The molecule has 0 radical (unpaired) electrons. The number of pyridine rings is 2. The number of nitrogens with zero attached hydrogens (tertiary/aromatic N) is 4. The zero-order valence-corrected chi connectivity index (χ0v) is 23.4. The highest BCUT2D eigenvalue weighted by molar-refractivity contribution is 7.87. The number of amides is 2. The van der Waals surface area contributed by atoms with Crippen molar-refractivity contribution >= 4 is 62.5 Å². The van der Waals surface area contributed by atoms with Crippen LogP contribution in [0.25, 0.3) is 0 Å². The van der Waals surface area contributed by atoms with Crippen molar-refractivity contribution in [2.75, 3.05) is 10.3 Å². The first-order valence-corrected chi connectivity index (χ1v) is 14.5. The third-order valence-electron chi connectivity index (χ3n) is 6.41. The minimum atomic E-state index is -4.33. The Hall–Kier alpha value is -3.74. The highest BCUT2D eigenvalue weighted by Gasteiger charge is 2.39.